The van der Waals surface area contributed by atoms with Gasteiger partial charge in [-0.25, -0.2) is 4.98 Å². The number of hydrogen-bond acceptors (Lipinski definition) is 6. The molecule has 0 spiro atoms. The molecular weight excluding hydrogens is 429 g/mol. The van der Waals surface area contributed by atoms with Gasteiger partial charge in [0.05, 0.1) is 36.5 Å². The number of nitrogens with two attached hydrogens (primary N) is 1. The van der Waals surface area contributed by atoms with Crippen molar-refractivity contribution < 1.29 is 32.5 Å². The summed E-state index contributed by atoms with van der Waals surface area (Å²) in [5, 5.41) is 9.56. The number of alkyl halides is 3. The molecule has 0 saturated carbocycles. The summed E-state index contributed by atoms with van der Waals surface area (Å²) < 4.78 is 49.6. The zero-order chi connectivity index (χ0) is 23.3. The highest BCUT2D eigenvalue weighted by atomic mass is 19.4. The van der Waals surface area contributed by atoms with Gasteiger partial charge in [0.2, 0.25) is 0 Å². The molecule has 1 fully saturated rings. The Morgan fingerprint density at radius 1 is 1.34 bits per heavy atom. The van der Waals surface area contributed by atoms with E-state index in [4.69, 9.17) is 20.3 Å². The minimum Gasteiger partial charge on any atom is -0.391 e. The first-order valence-electron chi connectivity index (χ1n) is 9.83. The molecule has 0 bridgehead atoms. The van der Waals surface area contributed by atoms with Crippen molar-refractivity contribution in [2.75, 3.05) is 19.8 Å². The number of ether oxygens (including phenoxy) is 2. The molecule has 8 nitrogen and oxygen atoms in total. The topological polar surface area (TPSA) is 112 Å². The van der Waals surface area contributed by atoms with Crippen LogP contribution in [0.4, 0.5) is 13.2 Å². The third-order valence-electron chi connectivity index (χ3n) is 4.61. The smallest absolute Gasteiger partial charge is 0.391 e. The van der Waals surface area contributed by atoms with Crippen LogP contribution < -0.4 is 5.73 Å². The highest BCUT2D eigenvalue weighted by molar-refractivity contribution is 5.94. The molecule has 2 unspecified atom stereocenters. The summed E-state index contributed by atoms with van der Waals surface area (Å²) in [5.74, 6) is -0.389. The number of pyridine rings is 2. The molecule has 3 aromatic heterocycles. The van der Waals surface area contributed by atoms with Crippen molar-refractivity contribution >= 4 is 16.8 Å². The number of halogens is 3. The summed E-state index contributed by atoms with van der Waals surface area (Å²) in [6.45, 7) is 3.63. The molecule has 1 aliphatic rings. The van der Waals surface area contributed by atoms with Gasteiger partial charge in [0.15, 0.2) is 0 Å². The molecule has 172 valence electrons. The second-order valence-corrected chi connectivity index (χ2v) is 7.25. The lowest BCUT2D eigenvalue weighted by Gasteiger charge is -2.10. The number of amides is 1. The molecule has 2 atom stereocenters. The monoisotopic (exact) mass is 452 g/mol. The number of carbonyl (C=O) groups excluding carboxylic acids is 1. The Balaban J connectivity index is 0.000000243. The van der Waals surface area contributed by atoms with E-state index in [2.05, 4.69) is 9.97 Å². The Hall–Kier alpha value is -3.02. The van der Waals surface area contributed by atoms with E-state index in [-0.39, 0.29) is 17.9 Å². The summed E-state index contributed by atoms with van der Waals surface area (Å²) in [5.41, 5.74) is 5.00. The maximum absolute atomic E-state index is 12.6. The van der Waals surface area contributed by atoms with Crippen molar-refractivity contribution in [1.82, 2.24) is 14.5 Å². The van der Waals surface area contributed by atoms with Gasteiger partial charge in [0.25, 0.3) is 5.91 Å². The van der Waals surface area contributed by atoms with Gasteiger partial charge in [-0.05, 0) is 37.6 Å². The lowest BCUT2D eigenvalue weighted by molar-refractivity contribution is -0.137. The summed E-state index contributed by atoms with van der Waals surface area (Å²) >= 11 is 0. The van der Waals surface area contributed by atoms with Gasteiger partial charge in [-0.15, -0.1) is 0 Å². The number of primary amides is 1. The minimum absolute atomic E-state index is 0.0689. The van der Waals surface area contributed by atoms with Crippen molar-refractivity contribution in [3.63, 3.8) is 0 Å². The first kappa shape index (κ1) is 23.6. The molecule has 4 heterocycles. The molecule has 0 radical (unpaired) electrons. The second kappa shape index (κ2) is 10.1. The van der Waals surface area contributed by atoms with Crippen LogP contribution in [0.15, 0.2) is 42.9 Å². The van der Waals surface area contributed by atoms with Crippen LogP contribution in [0.25, 0.3) is 16.7 Å². The van der Waals surface area contributed by atoms with E-state index in [0.29, 0.717) is 29.9 Å². The highest BCUT2D eigenvalue weighted by Crippen LogP contribution is 2.29. The average molecular weight is 452 g/mol. The van der Waals surface area contributed by atoms with Crippen LogP contribution in [0, 0.1) is 0 Å². The number of carbonyl (C=O) groups is 1. The molecule has 0 aromatic carbocycles. The molecular formula is C21H23F3N4O4. The standard InChI is InChI=1S/C14H9F3N4O.C7H14O3/c15-14(16,17)9-1-2-12(20-7-9)21-4-3-8-6-19-10(13(18)22)5-11(8)21;1-6(8)4-10-7-2-3-9-5-7/h1-7H,(H2,18,22);6-8H,2-5H2,1H3. The lowest BCUT2D eigenvalue weighted by Crippen LogP contribution is -2.19. The molecule has 32 heavy (non-hydrogen) atoms. The van der Waals surface area contributed by atoms with Gasteiger partial charge < -0.3 is 24.9 Å². The zero-order valence-electron chi connectivity index (χ0n) is 17.2. The fourth-order valence-corrected chi connectivity index (χ4v) is 2.98. The summed E-state index contributed by atoms with van der Waals surface area (Å²) in [4.78, 5) is 18.9. The molecule has 3 aromatic rings. The van der Waals surface area contributed by atoms with E-state index < -0.39 is 17.6 Å². The van der Waals surface area contributed by atoms with Crippen LogP contribution >= 0.6 is 0 Å². The highest BCUT2D eigenvalue weighted by Gasteiger charge is 2.30. The maximum Gasteiger partial charge on any atom is 0.417 e. The van der Waals surface area contributed by atoms with Crippen LogP contribution in [-0.2, 0) is 15.7 Å². The Bertz CT molecular complexity index is 1050. The third-order valence-corrected chi connectivity index (χ3v) is 4.61. The zero-order valence-corrected chi connectivity index (χ0v) is 17.2. The summed E-state index contributed by atoms with van der Waals surface area (Å²) in [6.07, 6.45) is 0.246. The number of nitrogens with zero attached hydrogens (tertiary/aromatic N) is 3. The Morgan fingerprint density at radius 3 is 2.69 bits per heavy atom. The van der Waals surface area contributed by atoms with E-state index >= 15 is 0 Å². The fourth-order valence-electron chi connectivity index (χ4n) is 2.98. The molecule has 1 aliphatic heterocycles. The van der Waals surface area contributed by atoms with E-state index in [1.165, 1.54) is 18.3 Å². The van der Waals surface area contributed by atoms with Crippen molar-refractivity contribution in [3.8, 4) is 5.82 Å². The number of aliphatic hydroxyl groups excluding tert-OH is 1. The van der Waals surface area contributed by atoms with Crippen molar-refractivity contribution in [1.29, 1.82) is 0 Å². The molecule has 4 rings (SSSR count). The fraction of sp³-hybridized carbons (Fsp3) is 0.381. The molecule has 11 heteroatoms. The van der Waals surface area contributed by atoms with Crippen LogP contribution in [0.5, 0.6) is 0 Å². The van der Waals surface area contributed by atoms with Gasteiger partial charge in [-0.2, -0.15) is 13.2 Å². The lowest BCUT2D eigenvalue weighted by atomic mass is 10.2. The predicted octanol–water partition coefficient (Wildman–Crippen LogP) is 2.71. The number of aliphatic hydroxyl groups is 1. The largest absolute Gasteiger partial charge is 0.417 e. The first-order chi connectivity index (χ1) is 15.1. The first-order valence-corrected chi connectivity index (χ1v) is 9.83. The van der Waals surface area contributed by atoms with Crippen molar-refractivity contribution in [3.05, 3.63) is 54.1 Å². The molecule has 1 saturated heterocycles. The van der Waals surface area contributed by atoms with Crippen LogP contribution in [-0.4, -0.2) is 57.6 Å². The third kappa shape index (κ3) is 6.02. The molecule has 3 N–H and O–H groups in total. The number of hydrogen-bond donors (Lipinski definition) is 2. The second-order valence-electron chi connectivity index (χ2n) is 7.25. The van der Waals surface area contributed by atoms with Gasteiger partial charge in [-0.1, -0.05) is 0 Å². The van der Waals surface area contributed by atoms with Gasteiger partial charge >= 0.3 is 6.18 Å². The van der Waals surface area contributed by atoms with E-state index in [9.17, 15) is 18.0 Å². The van der Waals surface area contributed by atoms with E-state index in [0.717, 1.165) is 25.3 Å². The SMILES string of the molecule is CC(O)COC1CCOC1.NC(=O)c1cc2c(ccn2-c2ccc(C(F)(F)F)cn2)cn1. The van der Waals surface area contributed by atoms with E-state index in [1.807, 2.05) is 0 Å². The minimum atomic E-state index is -4.44. The molecule has 1 amide bonds. The average Bonchev–Trinajstić information content (AvgIpc) is 3.41. The number of fused-ring (bicyclic) bond motifs is 1. The van der Waals surface area contributed by atoms with Crippen LogP contribution in [0.1, 0.15) is 29.4 Å². The molecule has 0 aliphatic carbocycles. The normalized spacial score (nSPS) is 17.1. The van der Waals surface area contributed by atoms with E-state index in [1.54, 1.807) is 23.8 Å². The van der Waals surface area contributed by atoms with Crippen LogP contribution in [0.2, 0.25) is 0 Å². The van der Waals surface area contributed by atoms with Gasteiger partial charge in [0, 0.05) is 30.6 Å². The maximum atomic E-state index is 12.6. The Morgan fingerprint density at radius 2 is 2.12 bits per heavy atom. The summed E-state index contributed by atoms with van der Waals surface area (Å²) in [7, 11) is 0. The number of rotatable bonds is 5. The van der Waals surface area contributed by atoms with Crippen molar-refractivity contribution in [2.45, 2.75) is 31.7 Å². The van der Waals surface area contributed by atoms with Gasteiger partial charge in [-0.3, -0.25) is 9.78 Å². The summed E-state index contributed by atoms with van der Waals surface area (Å²) in [6, 6.07) is 5.39. The Kier molecular flexibility index (Phi) is 7.44. The van der Waals surface area contributed by atoms with Gasteiger partial charge in [0.1, 0.15) is 11.5 Å². The quantitative estimate of drug-likeness (QED) is 0.616. The van der Waals surface area contributed by atoms with Crippen molar-refractivity contribution in [2.24, 2.45) is 5.73 Å². The predicted molar refractivity (Wildman–Crippen MR) is 109 cm³/mol. The Labute approximate surface area is 181 Å². The van der Waals surface area contributed by atoms with Crippen LogP contribution in [0.3, 0.4) is 0 Å². The number of aromatic nitrogens is 3.